The van der Waals surface area contributed by atoms with Gasteiger partial charge in [-0.2, -0.15) is 5.10 Å². The number of ether oxygens (including phenoxy) is 1. The summed E-state index contributed by atoms with van der Waals surface area (Å²) in [6, 6.07) is 10.2. The van der Waals surface area contributed by atoms with Crippen LogP contribution in [0.5, 0.6) is 0 Å². The monoisotopic (exact) mass is 440 g/mol. The molecule has 0 aliphatic rings. The number of halogens is 1. The van der Waals surface area contributed by atoms with E-state index in [2.05, 4.69) is 4.74 Å². The summed E-state index contributed by atoms with van der Waals surface area (Å²) in [5.41, 5.74) is 5.22. The Balaban J connectivity index is 2.07. The molecule has 2 heterocycles. The van der Waals surface area contributed by atoms with E-state index in [1.807, 2.05) is 37.4 Å². The van der Waals surface area contributed by atoms with Crippen molar-refractivity contribution >= 4 is 17.6 Å². The van der Waals surface area contributed by atoms with Crippen LogP contribution in [0, 0.1) is 12.7 Å². The molecule has 2 unspecified atom stereocenters. The fourth-order valence-electron chi connectivity index (χ4n) is 3.72. The lowest BCUT2D eigenvalue weighted by Crippen LogP contribution is -2.20. The number of carbonyl (C=O) groups excluding carboxylic acids is 1. The fourth-order valence-corrected chi connectivity index (χ4v) is 3.72. The molecule has 0 aliphatic carbocycles. The maximum atomic E-state index is 13.6. The summed E-state index contributed by atoms with van der Waals surface area (Å²) in [6.07, 6.45) is 1.20. The average molecular weight is 441 g/mol. The van der Waals surface area contributed by atoms with Crippen molar-refractivity contribution < 1.29 is 24.1 Å². The molecule has 0 aliphatic heterocycles. The largest absolute Gasteiger partial charge is 0.469 e. The Morgan fingerprint density at radius 1 is 1.19 bits per heavy atom. The number of nitrogens with zero attached hydrogens (tertiary/aromatic N) is 2. The van der Waals surface area contributed by atoms with Crippen LogP contribution in [0.3, 0.4) is 0 Å². The number of fused-ring (bicyclic) bond motifs is 1. The van der Waals surface area contributed by atoms with Gasteiger partial charge in [-0.15, -0.1) is 0 Å². The van der Waals surface area contributed by atoms with E-state index in [1.54, 1.807) is 24.3 Å². The molecule has 1 aromatic carbocycles. The van der Waals surface area contributed by atoms with E-state index in [9.17, 15) is 19.4 Å². The number of rotatable bonds is 8. The number of hydrogen-bond donors (Lipinski definition) is 2. The number of methoxy groups -OCH3 is 1. The first-order valence-corrected chi connectivity index (χ1v) is 10.6. The Hall–Kier alpha value is -3.03. The van der Waals surface area contributed by atoms with Crippen LogP contribution in [0.2, 0.25) is 0 Å². The summed E-state index contributed by atoms with van der Waals surface area (Å²) < 4.78 is 20.0. The van der Waals surface area contributed by atoms with E-state index < -0.39 is 18.2 Å². The first-order valence-electron chi connectivity index (χ1n) is 10.6. The maximum Gasteiger partial charge on any atom is 0.308 e. The highest BCUT2D eigenvalue weighted by molar-refractivity contribution is 5.88. The van der Waals surface area contributed by atoms with Gasteiger partial charge in [0.2, 0.25) is 0 Å². The zero-order valence-electron chi connectivity index (χ0n) is 18.7. The third-order valence-corrected chi connectivity index (χ3v) is 5.36. The third kappa shape index (κ3) is 5.23. The summed E-state index contributed by atoms with van der Waals surface area (Å²) in [4.78, 5) is 11.3. The fraction of sp³-hybridized carbons (Fsp3) is 0.360. The predicted octanol–water partition coefficient (Wildman–Crippen LogP) is 4.26. The molecule has 0 bridgehead atoms. The molecule has 0 amide bonds. The Labute approximate surface area is 187 Å². The van der Waals surface area contributed by atoms with E-state index in [1.165, 1.54) is 19.2 Å². The van der Waals surface area contributed by atoms with Crippen molar-refractivity contribution in [1.82, 2.24) is 9.61 Å². The van der Waals surface area contributed by atoms with Crippen molar-refractivity contribution in [3.63, 3.8) is 0 Å². The minimum atomic E-state index is -1.02. The van der Waals surface area contributed by atoms with Crippen molar-refractivity contribution in [2.75, 3.05) is 7.11 Å². The number of carbonyl (C=O) groups is 1. The third-order valence-electron chi connectivity index (χ3n) is 5.36. The van der Waals surface area contributed by atoms with Crippen LogP contribution < -0.4 is 0 Å². The summed E-state index contributed by atoms with van der Waals surface area (Å²) in [5, 5.41) is 25.3. The van der Waals surface area contributed by atoms with Gasteiger partial charge in [0.05, 0.1) is 36.9 Å². The van der Waals surface area contributed by atoms with Crippen molar-refractivity contribution in [3.05, 3.63) is 65.2 Å². The lowest BCUT2D eigenvalue weighted by Gasteiger charge is -2.18. The van der Waals surface area contributed by atoms with Gasteiger partial charge < -0.3 is 14.9 Å². The minimum Gasteiger partial charge on any atom is -0.469 e. The Kier molecular flexibility index (Phi) is 7.43. The van der Waals surface area contributed by atoms with E-state index in [0.717, 1.165) is 33.6 Å². The van der Waals surface area contributed by atoms with Gasteiger partial charge in [-0.05, 0) is 42.7 Å². The smallest absolute Gasteiger partial charge is 0.308 e. The van der Waals surface area contributed by atoms with Gasteiger partial charge in [0.15, 0.2) is 0 Å². The normalized spacial score (nSPS) is 13.8. The van der Waals surface area contributed by atoms with Gasteiger partial charge in [0, 0.05) is 23.2 Å². The van der Waals surface area contributed by atoms with Crippen LogP contribution in [-0.2, 0) is 9.53 Å². The Morgan fingerprint density at radius 3 is 2.50 bits per heavy atom. The van der Waals surface area contributed by atoms with Crippen LogP contribution in [0.25, 0.3) is 22.7 Å². The van der Waals surface area contributed by atoms with Crippen molar-refractivity contribution in [2.24, 2.45) is 0 Å². The number of aromatic nitrogens is 2. The maximum absolute atomic E-state index is 13.6. The second kappa shape index (κ2) is 10.1. The molecule has 32 heavy (non-hydrogen) atoms. The molecule has 170 valence electrons. The topological polar surface area (TPSA) is 84.1 Å². The van der Waals surface area contributed by atoms with E-state index in [4.69, 9.17) is 5.10 Å². The summed E-state index contributed by atoms with van der Waals surface area (Å²) in [7, 11) is 1.25. The number of aliphatic hydroxyl groups excluding tert-OH is 2. The highest BCUT2D eigenvalue weighted by Gasteiger charge is 2.20. The standard InChI is InChI=1S/C25H29FN2O4/c1-15(2)25-21(11-10-19(29)13-20(30)14-23(31)32-4)24(17-6-8-18(26)9-7-17)22-12-5-16(3)28(22)27-25/h5-12,15,19-20,29-30H,13-14H2,1-4H3/b11-10+. The quantitative estimate of drug-likeness (QED) is 0.512. The van der Waals surface area contributed by atoms with Gasteiger partial charge in [-0.3, -0.25) is 4.79 Å². The number of aliphatic hydroxyl groups is 2. The molecule has 2 N–H and O–H groups in total. The molecule has 7 heteroatoms. The number of esters is 1. The first kappa shape index (κ1) is 23.6. The Morgan fingerprint density at radius 2 is 1.88 bits per heavy atom. The molecule has 6 nitrogen and oxygen atoms in total. The lowest BCUT2D eigenvalue weighted by molar-refractivity contribution is -0.143. The molecule has 2 aromatic heterocycles. The summed E-state index contributed by atoms with van der Waals surface area (Å²) >= 11 is 0. The molecule has 0 saturated carbocycles. The number of benzene rings is 1. The highest BCUT2D eigenvalue weighted by Crippen LogP contribution is 2.35. The van der Waals surface area contributed by atoms with Crippen molar-refractivity contribution in [1.29, 1.82) is 0 Å². The summed E-state index contributed by atoms with van der Waals surface area (Å²) in [5.74, 6) is -0.767. The molecule has 3 rings (SSSR count). The van der Waals surface area contributed by atoms with Gasteiger partial charge in [0.25, 0.3) is 0 Å². The number of aryl methyl sites for hydroxylation is 1. The Bertz CT molecular complexity index is 1120. The minimum absolute atomic E-state index is 0.00555. The molecule has 0 radical (unpaired) electrons. The zero-order chi connectivity index (χ0) is 23.4. The van der Waals surface area contributed by atoms with E-state index in [-0.39, 0.29) is 24.6 Å². The van der Waals surface area contributed by atoms with E-state index >= 15 is 0 Å². The highest BCUT2D eigenvalue weighted by atomic mass is 19.1. The van der Waals surface area contributed by atoms with Gasteiger partial charge in [-0.25, -0.2) is 8.91 Å². The van der Waals surface area contributed by atoms with Crippen molar-refractivity contribution in [3.8, 4) is 11.1 Å². The van der Waals surface area contributed by atoms with Gasteiger partial charge in [0.1, 0.15) is 5.82 Å². The average Bonchev–Trinajstić information content (AvgIpc) is 3.12. The van der Waals surface area contributed by atoms with Crippen molar-refractivity contribution in [2.45, 2.75) is 51.7 Å². The second-order valence-electron chi connectivity index (χ2n) is 8.20. The predicted molar refractivity (Wildman–Crippen MR) is 122 cm³/mol. The van der Waals surface area contributed by atoms with Gasteiger partial charge >= 0.3 is 5.97 Å². The van der Waals surface area contributed by atoms with Crippen LogP contribution in [-0.4, -0.2) is 45.1 Å². The SMILES string of the molecule is COC(=O)CC(O)CC(O)/C=C/c1c(C(C)C)nn2c(C)ccc2c1-c1ccc(F)cc1. The lowest BCUT2D eigenvalue weighted by atomic mass is 9.93. The summed E-state index contributed by atoms with van der Waals surface area (Å²) in [6.45, 7) is 6.05. The molecule has 0 spiro atoms. The van der Waals surface area contributed by atoms with Gasteiger partial charge in [-0.1, -0.05) is 38.1 Å². The number of hydrogen-bond acceptors (Lipinski definition) is 5. The molecule has 0 fully saturated rings. The zero-order valence-corrected chi connectivity index (χ0v) is 18.7. The van der Waals surface area contributed by atoms with Crippen LogP contribution in [0.15, 0.2) is 42.5 Å². The molecular formula is C25H29FN2O4. The molecule has 0 saturated heterocycles. The molecular weight excluding hydrogens is 411 g/mol. The second-order valence-corrected chi connectivity index (χ2v) is 8.20. The molecule has 3 aromatic rings. The van der Waals surface area contributed by atoms with Crippen LogP contribution in [0.1, 0.15) is 49.6 Å². The van der Waals surface area contributed by atoms with Crippen LogP contribution >= 0.6 is 0 Å². The molecule has 2 atom stereocenters. The first-order chi connectivity index (χ1) is 15.2. The van der Waals surface area contributed by atoms with E-state index in [0.29, 0.717) is 0 Å². The van der Waals surface area contributed by atoms with Crippen LogP contribution in [0.4, 0.5) is 4.39 Å².